The molecule has 2 N–H and O–H groups in total. The molecule has 3 heteroatoms. The van der Waals surface area contributed by atoms with Crippen LogP contribution in [-0.4, -0.2) is 9.97 Å². The highest BCUT2D eigenvalue weighted by Gasteiger charge is 2.04. The van der Waals surface area contributed by atoms with Gasteiger partial charge in [-0.2, -0.15) is 0 Å². The molecule has 1 unspecified atom stereocenters. The lowest BCUT2D eigenvalue weighted by atomic mass is 10.0. The third kappa shape index (κ3) is 2.25. The number of nitrogens with two attached hydrogens (primary N) is 1. The maximum absolute atomic E-state index is 6.01. The van der Waals surface area contributed by atoms with Crippen molar-refractivity contribution in [3.05, 3.63) is 48.5 Å². The first-order valence-corrected chi connectivity index (χ1v) is 5.42. The van der Waals surface area contributed by atoms with Gasteiger partial charge in [0.05, 0.1) is 0 Å². The van der Waals surface area contributed by atoms with Gasteiger partial charge >= 0.3 is 0 Å². The molecule has 0 spiro atoms. The maximum atomic E-state index is 6.01. The summed E-state index contributed by atoms with van der Waals surface area (Å²) in [5.74, 6) is 0. The molecule has 0 aliphatic rings. The second-order valence-corrected chi connectivity index (χ2v) is 3.77. The summed E-state index contributed by atoms with van der Waals surface area (Å²) in [6.07, 6.45) is 6.09. The van der Waals surface area contributed by atoms with E-state index in [1.807, 2.05) is 24.5 Å². The Morgan fingerprint density at radius 1 is 1.19 bits per heavy atom. The number of nitrogens with zero attached hydrogens (tertiary/aromatic N) is 2. The SMILES string of the molecule is CCC(N)c1cccc(-c2cncnc2)c1. The molecule has 1 atom stereocenters. The van der Waals surface area contributed by atoms with Crippen molar-refractivity contribution in [2.45, 2.75) is 19.4 Å². The minimum absolute atomic E-state index is 0.101. The molecule has 16 heavy (non-hydrogen) atoms. The van der Waals surface area contributed by atoms with Crippen LogP contribution >= 0.6 is 0 Å². The van der Waals surface area contributed by atoms with Crippen molar-refractivity contribution in [1.82, 2.24) is 9.97 Å². The number of rotatable bonds is 3. The number of hydrogen-bond donors (Lipinski definition) is 1. The Morgan fingerprint density at radius 2 is 1.94 bits per heavy atom. The summed E-state index contributed by atoms with van der Waals surface area (Å²) in [4.78, 5) is 8.03. The summed E-state index contributed by atoms with van der Waals surface area (Å²) >= 11 is 0. The third-order valence-corrected chi connectivity index (χ3v) is 2.65. The second-order valence-electron chi connectivity index (χ2n) is 3.77. The van der Waals surface area contributed by atoms with Crippen LogP contribution in [0.5, 0.6) is 0 Å². The Hall–Kier alpha value is -1.74. The Morgan fingerprint density at radius 3 is 2.62 bits per heavy atom. The van der Waals surface area contributed by atoms with E-state index in [4.69, 9.17) is 5.73 Å². The van der Waals surface area contributed by atoms with Gasteiger partial charge in [-0.1, -0.05) is 25.1 Å². The molecule has 0 aliphatic heterocycles. The van der Waals surface area contributed by atoms with Crippen molar-refractivity contribution in [1.29, 1.82) is 0 Å². The number of aromatic nitrogens is 2. The molecule has 82 valence electrons. The van der Waals surface area contributed by atoms with E-state index >= 15 is 0 Å². The lowest BCUT2D eigenvalue weighted by Gasteiger charge is -2.10. The first-order chi connectivity index (χ1) is 7.81. The average molecular weight is 213 g/mol. The third-order valence-electron chi connectivity index (χ3n) is 2.65. The Labute approximate surface area is 95.4 Å². The minimum Gasteiger partial charge on any atom is -0.324 e. The van der Waals surface area contributed by atoms with E-state index in [-0.39, 0.29) is 6.04 Å². The van der Waals surface area contributed by atoms with Gasteiger partial charge in [-0.25, -0.2) is 9.97 Å². The van der Waals surface area contributed by atoms with E-state index in [1.54, 1.807) is 0 Å². The smallest absolute Gasteiger partial charge is 0.115 e. The summed E-state index contributed by atoms with van der Waals surface area (Å²) in [7, 11) is 0. The molecule has 0 aliphatic carbocycles. The van der Waals surface area contributed by atoms with Crippen LogP contribution in [0.2, 0.25) is 0 Å². The van der Waals surface area contributed by atoms with Crippen molar-refractivity contribution >= 4 is 0 Å². The van der Waals surface area contributed by atoms with Crippen LogP contribution in [0.3, 0.4) is 0 Å². The largest absolute Gasteiger partial charge is 0.324 e. The van der Waals surface area contributed by atoms with Crippen molar-refractivity contribution < 1.29 is 0 Å². The van der Waals surface area contributed by atoms with E-state index in [1.165, 1.54) is 6.33 Å². The Kier molecular flexibility index (Phi) is 3.27. The van der Waals surface area contributed by atoms with Crippen molar-refractivity contribution in [3.63, 3.8) is 0 Å². The van der Waals surface area contributed by atoms with Crippen LogP contribution in [0.1, 0.15) is 24.9 Å². The standard InChI is InChI=1S/C13H15N3/c1-2-13(14)11-5-3-4-10(6-11)12-7-15-9-16-8-12/h3-9,13H,2,14H2,1H3. The fraction of sp³-hybridized carbons (Fsp3) is 0.231. The molecule has 2 rings (SSSR count). The molecule has 1 aromatic carbocycles. The minimum atomic E-state index is 0.101. The van der Waals surface area contributed by atoms with Crippen LogP contribution in [-0.2, 0) is 0 Å². The van der Waals surface area contributed by atoms with E-state index in [0.29, 0.717) is 0 Å². The molecule has 0 radical (unpaired) electrons. The summed E-state index contributed by atoms with van der Waals surface area (Å²) < 4.78 is 0. The zero-order valence-corrected chi connectivity index (χ0v) is 9.30. The Bertz CT molecular complexity index is 454. The van der Waals surface area contributed by atoms with E-state index in [2.05, 4.69) is 29.0 Å². The van der Waals surface area contributed by atoms with Gasteiger partial charge in [0.2, 0.25) is 0 Å². The van der Waals surface area contributed by atoms with E-state index < -0.39 is 0 Å². The van der Waals surface area contributed by atoms with Gasteiger partial charge in [0, 0.05) is 24.0 Å². The summed E-state index contributed by atoms with van der Waals surface area (Å²) in [5, 5.41) is 0. The monoisotopic (exact) mass is 213 g/mol. The van der Waals surface area contributed by atoms with Gasteiger partial charge in [-0.15, -0.1) is 0 Å². The first kappa shape index (κ1) is 10.8. The average Bonchev–Trinajstić information content (AvgIpc) is 2.39. The van der Waals surface area contributed by atoms with Gasteiger partial charge in [-0.05, 0) is 23.6 Å². The maximum Gasteiger partial charge on any atom is 0.115 e. The number of benzene rings is 1. The molecule has 1 heterocycles. The fourth-order valence-electron chi connectivity index (χ4n) is 1.63. The summed E-state index contributed by atoms with van der Waals surface area (Å²) in [6, 6.07) is 8.33. The zero-order valence-electron chi connectivity index (χ0n) is 9.30. The topological polar surface area (TPSA) is 51.8 Å². The van der Waals surface area contributed by atoms with E-state index in [9.17, 15) is 0 Å². The highest BCUT2D eigenvalue weighted by atomic mass is 14.8. The van der Waals surface area contributed by atoms with Crippen LogP contribution in [0.4, 0.5) is 0 Å². The molecule has 0 saturated carbocycles. The Balaban J connectivity index is 2.36. The molecule has 0 fully saturated rings. The molecule has 2 aromatic rings. The quantitative estimate of drug-likeness (QED) is 0.852. The first-order valence-electron chi connectivity index (χ1n) is 5.42. The molecule has 1 aromatic heterocycles. The van der Waals surface area contributed by atoms with Crippen molar-refractivity contribution in [3.8, 4) is 11.1 Å². The molecule has 3 nitrogen and oxygen atoms in total. The van der Waals surface area contributed by atoms with E-state index in [0.717, 1.165) is 23.1 Å². The van der Waals surface area contributed by atoms with Crippen molar-refractivity contribution in [2.75, 3.05) is 0 Å². The highest BCUT2D eigenvalue weighted by molar-refractivity contribution is 5.62. The lowest BCUT2D eigenvalue weighted by Crippen LogP contribution is -2.08. The molecule has 0 saturated heterocycles. The zero-order chi connectivity index (χ0) is 11.4. The molecule has 0 bridgehead atoms. The number of hydrogen-bond acceptors (Lipinski definition) is 3. The van der Waals surface area contributed by atoms with Crippen LogP contribution < -0.4 is 5.73 Å². The van der Waals surface area contributed by atoms with Gasteiger partial charge in [-0.3, -0.25) is 0 Å². The van der Waals surface area contributed by atoms with Gasteiger partial charge in [0.25, 0.3) is 0 Å². The molecule has 0 amide bonds. The highest BCUT2D eigenvalue weighted by Crippen LogP contribution is 2.22. The summed E-state index contributed by atoms with van der Waals surface area (Å²) in [6.45, 7) is 2.09. The van der Waals surface area contributed by atoms with Gasteiger partial charge in [0.1, 0.15) is 6.33 Å². The lowest BCUT2D eigenvalue weighted by molar-refractivity contribution is 0.699. The molecular weight excluding hydrogens is 198 g/mol. The van der Waals surface area contributed by atoms with Crippen molar-refractivity contribution in [2.24, 2.45) is 5.73 Å². The van der Waals surface area contributed by atoms with Crippen LogP contribution in [0.15, 0.2) is 43.0 Å². The predicted octanol–water partition coefficient (Wildman–Crippen LogP) is 2.55. The van der Waals surface area contributed by atoms with Crippen LogP contribution in [0.25, 0.3) is 11.1 Å². The molecular formula is C13H15N3. The van der Waals surface area contributed by atoms with Crippen LogP contribution in [0, 0.1) is 0 Å². The normalized spacial score (nSPS) is 12.4. The fourth-order valence-corrected chi connectivity index (χ4v) is 1.63. The van der Waals surface area contributed by atoms with Gasteiger partial charge < -0.3 is 5.73 Å². The predicted molar refractivity (Wildman–Crippen MR) is 64.7 cm³/mol. The summed E-state index contributed by atoms with van der Waals surface area (Å²) in [5.41, 5.74) is 9.30. The second kappa shape index (κ2) is 4.86. The van der Waals surface area contributed by atoms with Gasteiger partial charge in [0.15, 0.2) is 0 Å².